The Morgan fingerprint density at radius 3 is 2.09 bits per heavy atom. The van der Waals surface area contributed by atoms with Gasteiger partial charge in [-0.3, -0.25) is 0 Å². The second kappa shape index (κ2) is 9.36. The van der Waals surface area contributed by atoms with Crippen LogP contribution in [0, 0.1) is 0 Å². The number of hydrogen-bond donors (Lipinski definition) is 0. The Morgan fingerprint density at radius 2 is 1.53 bits per heavy atom. The molecular weight excluding hydrogens is 435 g/mol. The summed E-state index contributed by atoms with van der Waals surface area (Å²) in [7, 11) is 1.57. The first-order chi connectivity index (χ1) is 15.5. The van der Waals surface area contributed by atoms with Crippen LogP contribution in [-0.2, 0) is 4.75 Å². The van der Waals surface area contributed by atoms with Crippen molar-refractivity contribution in [1.29, 1.82) is 0 Å². The predicted molar refractivity (Wildman–Crippen MR) is 123 cm³/mol. The highest BCUT2D eigenvalue weighted by molar-refractivity contribution is 8.00. The van der Waals surface area contributed by atoms with E-state index < -0.39 is 10.9 Å². The number of ether oxygens (including phenoxy) is 2. The molecule has 3 nitrogen and oxygen atoms in total. The number of fused-ring (bicyclic) bond motifs is 1. The molecule has 0 N–H and O–H groups in total. The van der Waals surface area contributed by atoms with Crippen LogP contribution in [0.25, 0.3) is 0 Å². The Balaban J connectivity index is 1.64. The van der Waals surface area contributed by atoms with Crippen LogP contribution in [-0.4, -0.2) is 38.7 Å². The zero-order chi connectivity index (χ0) is 22.6. The Kier molecular flexibility index (Phi) is 6.55. The van der Waals surface area contributed by atoms with Crippen LogP contribution >= 0.6 is 11.8 Å². The van der Waals surface area contributed by atoms with Crippen molar-refractivity contribution in [2.45, 2.75) is 10.9 Å². The van der Waals surface area contributed by atoms with Gasteiger partial charge in [-0.15, -0.1) is 11.8 Å². The monoisotopic (exact) mass is 459 g/mol. The molecule has 0 radical (unpaired) electrons. The van der Waals surface area contributed by atoms with Gasteiger partial charge in [-0.05, 0) is 23.3 Å². The number of anilines is 1. The summed E-state index contributed by atoms with van der Waals surface area (Å²) in [5.74, 6) is 1.54. The van der Waals surface area contributed by atoms with Crippen molar-refractivity contribution in [2.24, 2.45) is 0 Å². The van der Waals surface area contributed by atoms with Crippen LogP contribution < -0.4 is 14.4 Å². The van der Waals surface area contributed by atoms with Crippen molar-refractivity contribution in [3.63, 3.8) is 0 Å². The highest BCUT2D eigenvalue weighted by Crippen LogP contribution is 2.54. The van der Waals surface area contributed by atoms with Crippen LogP contribution in [0.4, 0.5) is 18.9 Å². The third-order valence-corrected chi connectivity index (χ3v) is 7.09. The molecule has 1 aliphatic rings. The number of alkyl halides is 3. The Hall–Kier alpha value is -2.80. The summed E-state index contributed by atoms with van der Waals surface area (Å²) in [4.78, 5) is 2.06. The zero-order valence-corrected chi connectivity index (χ0v) is 18.5. The quantitative estimate of drug-likeness (QED) is 0.424. The van der Waals surface area contributed by atoms with E-state index in [9.17, 15) is 13.2 Å². The highest BCUT2D eigenvalue weighted by Gasteiger charge is 2.57. The second-order valence-corrected chi connectivity index (χ2v) is 8.71. The maximum atomic E-state index is 14.8. The van der Waals surface area contributed by atoms with Crippen molar-refractivity contribution in [3.05, 3.63) is 90.0 Å². The van der Waals surface area contributed by atoms with Crippen molar-refractivity contribution in [1.82, 2.24) is 0 Å². The minimum Gasteiger partial charge on any atom is -0.493 e. The average molecular weight is 460 g/mol. The highest BCUT2D eigenvalue weighted by atomic mass is 32.2. The fraction of sp³-hybridized carbons (Fsp3) is 0.280. The standard InChI is InChI=1S/C25H24F3NO2S/c1-30-22-14-8-13-21-23(22)31-17-15-29(21)16-18-32-24(25(26,27)28,19-9-4-2-5-10-19)20-11-6-3-7-12-20/h2-14H,15-18H2,1H3. The van der Waals surface area contributed by atoms with Gasteiger partial charge in [0, 0.05) is 12.3 Å². The fourth-order valence-electron chi connectivity index (χ4n) is 4.07. The van der Waals surface area contributed by atoms with Gasteiger partial charge in [0.2, 0.25) is 0 Å². The van der Waals surface area contributed by atoms with Gasteiger partial charge in [-0.1, -0.05) is 66.7 Å². The molecule has 7 heteroatoms. The first-order valence-electron chi connectivity index (χ1n) is 10.3. The number of methoxy groups -OCH3 is 1. The number of rotatable bonds is 7. The third-order valence-electron chi connectivity index (χ3n) is 5.57. The van der Waals surface area contributed by atoms with Crippen molar-refractivity contribution < 1.29 is 22.6 Å². The van der Waals surface area contributed by atoms with E-state index in [1.165, 1.54) is 0 Å². The van der Waals surface area contributed by atoms with E-state index in [0.29, 0.717) is 31.2 Å². The topological polar surface area (TPSA) is 21.7 Å². The van der Waals surface area contributed by atoms with Crippen LogP contribution in [0.1, 0.15) is 11.1 Å². The molecule has 0 fully saturated rings. The normalized spacial score (nSPS) is 13.9. The summed E-state index contributed by atoms with van der Waals surface area (Å²) >= 11 is 0.922. The summed E-state index contributed by atoms with van der Waals surface area (Å²) in [5.41, 5.74) is 1.30. The molecule has 0 aliphatic carbocycles. The van der Waals surface area contributed by atoms with E-state index in [-0.39, 0.29) is 16.9 Å². The molecule has 0 aromatic heterocycles. The molecule has 1 heterocycles. The molecule has 4 rings (SSSR count). The van der Waals surface area contributed by atoms with Crippen molar-refractivity contribution >= 4 is 17.4 Å². The van der Waals surface area contributed by atoms with Crippen molar-refractivity contribution in [2.75, 3.05) is 37.5 Å². The molecule has 3 aromatic rings. The number of halogens is 3. The lowest BCUT2D eigenvalue weighted by Crippen LogP contribution is -2.42. The summed E-state index contributed by atoms with van der Waals surface area (Å²) in [5, 5.41) is 0. The van der Waals surface area contributed by atoms with Crippen LogP contribution in [0.2, 0.25) is 0 Å². The molecule has 0 atom stereocenters. The molecule has 168 valence electrons. The van der Waals surface area contributed by atoms with Gasteiger partial charge in [0.05, 0.1) is 19.3 Å². The summed E-state index contributed by atoms with van der Waals surface area (Å²) in [6.07, 6.45) is -4.48. The number of nitrogens with zero attached hydrogens (tertiary/aromatic N) is 1. The van der Waals surface area contributed by atoms with Gasteiger partial charge < -0.3 is 14.4 Å². The lowest BCUT2D eigenvalue weighted by molar-refractivity contribution is -0.151. The fourth-order valence-corrected chi connectivity index (χ4v) is 5.45. The molecule has 1 aliphatic heterocycles. The van der Waals surface area contributed by atoms with E-state index in [1.54, 1.807) is 67.8 Å². The van der Waals surface area contributed by atoms with E-state index in [4.69, 9.17) is 9.47 Å². The number of thioether (sulfide) groups is 1. The van der Waals surface area contributed by atoms with Gasteiger partial charge in [0.1, 0.15) is 6.61 Å². The Bertz CT molecular complexity index is 989. The van der Waals surface area contributed by atoms with Crippen molar-refractivity contribution in [3.8, 4) is 11.5 Å². The van der Waals surface area contributed by atoms with Crippen LogP contribution in [0.3, 0.4) is 0 Å². The predicted octanol–water partition coefficient (Wildman–Crippen LogP) is 6.13. The summed E-state index contributed by atoms with van der Waals surface area (Å²) in [6.45, 7) is 1.52. The van der Waals surface area contributed by atoms with E-state index in [0.717, 1.165) is 17.4 Å². The molecule has 3 aromatic carbocycles. The van der Waals surface area contributed by atoms with Crippen LogP contribution in [0.15, 0.2) is 78.9 Å². The summed E-state index contributed by atoms with van der Waals surface area (Å²) < 4.78 is 53.3. The molecule has 0 unspecified atom stereocenters. The second-order valence-electron chi connectivity index (χ2n) is 7.40. The van der Waals surface area contributed by atoms with E-state index in [1.807, 2.05) is 18.2 Å². The average Bonchev–Trinajstić information content (AvgIpc) is 2.82. The molecule has 0 amide bonds. The smallest absolute Gasteiger partial charge is 0.411 e. The van der Waals surface area contributed by atoms with E-state index in [2.05, 4.69) is 4.90 Å². The lowest BCUT2D eigenvalue weighted by atomic mass is 9.89. The Morgan fingerprint density at radius 1 is 0.906 bits per heavy atom. The first kappa shape index (κ1) is 22.4. The maximum absolute atomic E-state index is 14.8. The SMILES string of the molecule is COc1cccc2c1OCCN2CCSC(c1ccccc1)(c1ccccc1)C(F)(F)F. The number of hydrogen-bond acceptors (Lipinski definition) is 4. The molecule has 0 saturated heterocycles. The Labute approximate surface area is 190 Å². The minimum atomic E-state index is -4.48. The van der Waals surface area contributed by atoms with Gasteiger partial charge in [-0.25, -0.2) is 0 Å². The maximum Gasteiger partial charge on any atom is 0.411 e. The largest absolute Gasteiger partial charge is 0.493 e. The lowest BCUT2D eigenvalue weighted by Gasteiger charge is -2.38. The number of benzene rings is 3. The van der Waals surface area contributed by atoms with Gasteiger partial charge in [-0.2, -0.15) is 13.2 Å². The minimum absolute atomic E-state index is 0.229. The molecular formula is C25H24F3NO2S. The first-order valence-corrected chi connectivity index (χ1v) is 11.3. The molecule has 32 heavy (non-hydrogen) atoms. The molecule has 0 saturated carbocycles. The molecule has 0 bridgehead atoms. The van der Waals surface area contributed by atoms with Crippen LogP contribution in [0.5, 0.6) is 11.5 Å². The van der Waals surface area contributed by atoms with E-state index >= 15 is 0 Å². The van der Waals surface area contributed by atoms with Gasteiger partial charge in [0.25, 0.3) is 0 Å². The summed E-state index contributed by atoms with van der Waals surface area (Å²) in [6, 6.07) is 21.9. The van der Waals surface area contributed by atoms with Gasteiger partial charge in [0.15, 0.2) is 16.2 Å². The van der Waals surface area contributed by atoms with Gasteiger partial charge >= 0.3 is 6.18 Å². The third kappa shape index (κ3) is 4.13. The molecule has 0 spiro atoms. The zero-order valence-electron chi connectivity index (χ0n) is 17.6. The number of para-hydroxylation sites is 1.